The van der Waals surface area contributed by atoms with Crippen molar-refractivity contribution in [3.05, 3.63) is 28.2 Å². The van der Waals surface area contributed by atoms with Crippen LogP contribution in [0.25, 0.3) is 0 Å². The number of hydrogen-bond donors (Lipinski definition) is 0. The molecule has 0 saturated heterocycles. The van der Waals surface area contributed by atoms with E-state index in [4.69, 9.17) is 9.47 Å². The van der Waals surface area contributed by atoms with Crippen molar-refractivity contribution in [1.29, 1.82) is 0 Å². The lowest BCUT2D eigenvalue weighted by molar-refractivity contribution is 0.111. The highest BCUT2D eigenvalue weighted by Crippen LogP contribution is 2.36. The molecule has 0 spiro atoms. The number of ether oxygens (including phenoxy) is 2. The monoisotopic (exact) mass is 341 g/mol. The molecule has 0 radical (unpaired) electrons. The molecule has 1 unspecified atom stereocenters. The summed E-state index contributed by atoms with van der Waals surface area (Å²) in [7, 11) is 3.48. The van der Waals surface area contributed by atoms with Crippen molar-refractivity contribution in [3.8, 4) is 5.75 Å². The van der Waals surface area contributed by atoms with Crippen molar-refractivity contribution in [2.24, 2.45) is 5.92 Å². The Labute approximate surface area is 130 Å². The maximum absolute atomic E-state index is 5.33. The molecule has 112 valence electrons. The van der Waals surface area contributed by atoms with Crippen LogP contribution in [0.1, 0.15) is 25.3 Å². The summed E-state index contributed by atoms with van der Waals surface area (Å²) in [6.07, 6.45) is 2.73. The molecule has 0 aliphatic heterocycles. The molecule has 0 aromatic heterocycles. The van der Waals surface area contributed by atoms with Gasteiger partial charge in [-0.2, -0.15) is 0 Å². The van der Waals surface area contributed by atoms with Crippen LogP contribution in [0.3, 0.4) is 0 Å². The number of halogens is 1. The molecule has 1 saturated carbocycles. The molecule has 1 fully saturated rings. The summed E-state index contributed by atoms with van der Waals surface area (Å²) in [6.45, 7) is 5.01. The van der Waals surface area contributed by atoms with E-state index in [9.17, 15) is 0 Å². The second-order valence-corrected chi connectivity index (χ2v) is 6.35. The predicted molar refractivity (Wildman–Crippen MR) is 85.2 cm³/mol. The Morgan fingerprint density at radius 1 is 1.35 bits per heavy atom. The average molecular weight is 342 g/mol. The van der Waals surface area contributed by atoms with Crippen molar-refractivity contribution in [2.45, 2.75) is 32.4 Å². The van der Waals surface area contributed by atoms with E-state index in [1.807, 2.05) is 6.07 Å². The molecule has 1 aliphatic rings. The smallest absolute Gasteiger partial charge is 0.119 e. The first-order valence-electron chi connectivity index (χ1n) is 7.21. The lowest BCUT2D eigenvalue weighted by Gasteiger charge is -2.29. The fraction of sp³-hybridized carbons (Fsp3) is 0.625. The highest BCUT2D eigenvalue weighted by molar-refractivity contribution is 9.10. The minimum atomic E-state index is 0.614. The van der Waals surface area contributed by atoms with Crippen molar-refractivity contribution in [3.63, 3.8) is 0 Å². The van der Waals surface area contributed by atoms with E-state index >= 15 is 0 Å². The molecule has 0 N–H and O–H groups in total. The Kier molecular flexibility index (Phi) is 5.87. The van der Waals surface area contributed by atoms with Gasteiger partial charge in [0.1, 0.15) is 5.75 Å². The van der Waals surface area contributed by atoms with E-state index in [1.165, 1.54) is 18.4 Å². The minimum Gasteiger partial charge on any atom is -0.497 e. The van der Waals surface area contributed by atoms with Crippen molar-refractivity contribution in [2.75, 3.05) is 27.4 Å². The summed E-state index contributed by atoms with van der Waals surface area (Å²) in [6, 6.07) is 6.77. The topological polar surface area (TPSA) is 21.7 Å². The zero-order valence-corrected chi connectivity index (χ0v) is 14.1. The summed E-state index contributed by atoms with van der Waals surface area (Å²) in [5.74, 6) is 1.77. The summed E-state index contributed by atoms with van der Waals surface area (Å²) >= 11 is 3.64. The van der Waals surface area contributed by atoms with E-state index in [0.29, 0.717) is 6.04 Å². The van der Waals surface area contributed by atoms with Gasteiger partial charge >= 0.3 is 0 Å². The van der Waals surface area contributed by atoms with E-state index in [2.05, 4.69) is 39.9 Å². The van der Waals surface area contributed by atoms with Gasteiger partial charge < -0.3 is 9.47 Å². The van der Waals surface area contributed by atoms with Crippen molar-refractivity contribution in [1.82, 2.24) is 4.90 Å². The molecule has 20 heavy (non-hydrogen) atoms. The Morgan fingerprint density at radius 2 is 2.10 bits per heavy atom. The van der Waals surface area contributed by atoms with Crippen LogP contribution in [0.2, 0.25) is 0 Å². The van der Waals surface area contributed by atoms with Gasteiger partial charge in [-0.1, -0.05) is 15.9 Å². The second-order valence-electron chi connectivity index (χ2n) is 5.50. The Morgan fingerprint density at radius 3 is 2.70 bits per heavy atom. The maximum atomic E-state index is 5.33. The van der Waals surface area contributed by atoms with Crippen molar-refractivity contribution >= 4 is 15.9 Å². The summed E-state index contributed by atoms with van der Waals surface area (Å²) in [5, 5.41) is 0. The third-order valence-corrected chi connectivity index (χ3v) is 4.86. The zero-order valence-electron chi connectivity index (χ0n) is 12.6. The molecule has 1 aromatic carbocycles. The quantitative estimate of drug-likeness (QED) is 0.719. The number of rotatable bonds is 8. The molecule has 0 bridgehead atoms. The lowest BCUT2D eigenvalue weighted by atomic mass is 10.1. The van der Waals surface area contributed by atoms with E-state index in [-0.39, 0.29) is 0 Å². The molecule has 0 heterocycles. The van der Waals surface area contributed by atoms with E-state index in [1.54, 1.807) is 14.2 Å². The van der Waals surface area contributed by atoms with E-state index < -0.39 is 0 Å². The Balaban J connectivity index is 2.09. The largest absolute Gasteiger partial charge is 0.497 e. The van der Waals surface area contributed by atoms with Gasteiger partial charge in [-0.3, -0.25) is 4.90 Å². The number of methoxy groups -OCH3 is 2. The van der Waals surface area contributed by atoms with Crippen LogP contribution in [0.5, 0.6) is 5.75 Å². The molecule has 0 amide bonds. The lowest BCUT2D eigenvalue weighted by Crippen LogP contribution is -2.36. The highest BCUT2D eigenvalue weighted by Gasteiger charge is 2.32. The van der Waals surface area contributed by atoms with E-state index in [0.717, 1.165) is 35.8 Å². The minimum absolute atomic E-state index is 0.614. The van der Waals surface area contributed by atoms with Gasteiger partial charge in [-0.25, -0.2) is 0 Å². The van der Waals surface area contributed by atoms with Crippen LogP contribution >= 0.6 is 15.9 Å². The fourth-order valence-electron chi connectivity index (χ4n) is 2.53. The first-order chi connectivity index (χ1) is 9.65. The Hall–Kier alpha value is -0.580. The molecular weight excluding hydrogens is 318 g/mol. The molecule has 4 heteroatoms. The van der Waals surface area contributed by atoms with Crippen LogP contribution in [0.4, 0.5) is 0 Å². The maximum Gasteiger partial charge on any atom is 0.119 e. The summed E-state index contributed by atoms with van der Waals surface area (Å²) < 4.78 is 11.7. The standard InChI is InChI=1S/C16H24BrNO2/c1-12(13-4-5-13)18(8-9-19-2)11-14-10-15(20-3)6-7-16(14)17/h6-7,10,12-13H,4-5,8-9,11H2,1-3H3. The van der Waals surface area contributed by atoms with Crippen LogP contribution in [0.15, 0.2) is 22.7 Å². The molecule has 1 aliphatic carbocycles. The molecule has 3 nitrogen and oxygen atoms in total. The number of benzene rings is 1. The zero-order chi connectivity index (χ0) is 14.5. The first kappa shape index (κ1) is 15.8. The Bertz CT molecular complexity index is 434. The van der Waals surface area contributed by atoms with Gasteiger partial charge in [0.2, 0.25) is 0 Å². The van der Waals surface area contributed by atoms with Crippen molar-refractivity contribution < 1.29 is 9.47 Å². The number of hydrogen-bond acceptors (Lipinski definition) is 3. The molecule has 1 atom stereocenters. The second kappa shape index (κ2) is 7.43. The molecule has 1 aromatic rings. The molecule has 2 rings (SSSR count). The number of nitrogens with zero attached hydrogens (tertiary/aromatic N) is 1. The van der Waals surface area contributed by atoms with Gasteiger partial charge in [0.05, 0.1) is 13.7 Å². The van der Waals surface area contributed by atoms with Crippen LogP contribution < -0.4 is 4.74 Å². The van der Waals surface area contributed by atoms with Crippen LogP contribution in [-0.4, -0.2) is 38.3 Å². The third kappa shape index (κ3) is 4.21. The first-order valence-corrected chi connectivity index (χ1v) is 8.00. The van der Waals surface area contributed by atoms with Gasteiger partial charge in [0.25, 0.3) is 0 Å². The molecular formula is C16H24BrNO2. The fourth-order valence-corrected chi connectivity index (χ4v) is 2.90. The normalized spacial score (nSPS) is 16.4. The predicted octanol–water partition coefficient (Wildman–Crippen LogP) is 3.70. The van der Waals surface area contributed by atoms with Gasteiger partial charge in [-0.15, -0.1) is 0 Å². The summed E-state index contributed by atoms with van der Waals surface area (Å²) in [4.78, 5) is 2.51. The SMILES string of the molecule is COCCN(Cc1cc(OC)ccc1Br)C(C)C1CC1. The van der Waals surface area contributed by atoms with Gasteiger partial charge in [-0.05, 0) is 49.4 Å². The van der Waals surface area contributed by atoms with Gasteiger partial charge in [0, 0.05) is 30.7 Å². The highest BCUT2D eigenvalue weighted by atomic mass is 79.9. The van der Waals surface area contributed by atoms with Crippen LogP contribution in [0, 0.1) is 5.92 Å². The van der Waals surface area contributed by atoms with Gasteiger partial charge in [0.15, 0.2) is 0 Å². The summed E-state index contributed by atoms with van der Waals surface area (Å²) in [5.41, 5.74) is 1.27. The average Bonchev–Trinajstić information content (AvgIpc) is 3.29. The third-order valence-electron chi connectivity index (χ3n) is 4.09. The van der Waals surface area contributed by atoms with Crippen LogP contribution in [-0.2, 0) is 11.3 Å².